The predicted octanol–water partition coefficient (Wildman–Crippen LogP) is 5.28. The number of ether oxygens (including phenoxy) is 1. The Balaban J connectivity index is 1.83. The maximum atomic E-state index is 14.5. The van der Waals surface area contributed by atoms with Gasteiger partial charge in [-0.05, 0) is 61.7 Å². The van der Waals surface area contributed by atoms with Crippen LogP contribution in [0.1, 0.15) is 29.2 Å². The molecule has 8 nitrogen and oxygen atoms in total. The first-order chi connectivity index (χ1) is 21.1. The Bertz CT molecular complexity index is 1670. The van der Waals surface area contributed by atoms with E-state index in [1.807, 2.05) is 75.4 Å². The number of benzene rings is 4. The fourth-order valence-electron chi connectivity index (χ4n) is 5.00. The zero-order chi connectivity index (χ0) is 31.7. The van der Waals surface area contributed by atoms with Gasteiger partial charge in [-0.25, -0.2) is 8.42 Å². The van der Waals surface area contributed by atoms with Gasteiger partial charge >= 0.3 is 0 Å². The lowest BCUT2D eigenvalue weighted by Gasteiger charge is -2.34. The van der Waals surface area contributed by atoms with E-state index >= 15 is 0 Å². The van der Waals surface area contributed by atoms with Crippen LogP contribution in [0.2, 0.25) is 0 Å². The molecule has 0 aliphatic heterocycles. The van der Waals surface area contributed by atoms with Crippen LogP contribution in [-0.4, -0.2) is 51.4 Å². The molecule has 0 aliphatic rings. The molecule has 44 heavy (non-hydrogen) atoms. The smallest absolute Gasteiger partial charge is 0.264 e. The normalized spacial score (nSPS) is 11.8. The van der Waals surface area contributed by atoms with E-state index in [4.69, 9.17) is 4.74 Å². The average molecular weight is 614 g/mol. The fraction of sp³-hybridized carbons (Fsp3) is 0.257. The van der Waals surface area contributed by atoms with Crippen LogP contribution in [0.4, 0.5) is 5.69 Å². The Morgan fingerprint density at radius 2 is 1.48 bits per heavy atom. The van der Waals surface area contributed by atoms with E-state index < -0.39 is 28.5 Å². The molecule has 9 heteroatoms. The molecule has 0 saturated carbocycles. The van der Waals surface area contributed by atoms with Gasteiger partial charge < -0.3 is 15.0 Å². The zero-order valence-corrected chi connectivity index (χ0v) is 26.4. The van der Waals surface area contributed by atoms with Crippen molar-refractivity contribution in [2.75, 3.05) is 24.5 Å². The Morgan fingerprint density at radius 3 is 2.14 bits per heavy atom. The zero-order valence-electron chi connectivity index (χ0n) is 25.6. The molecular weight excluding hydrogens is 574 g/mol. The number of nitrogens with zero attached hydrogens (tertiary/aromatic N) is 2. The summed E-state index contributed by atoms with van der Waals surface area (Å²) in [6, 6.07) is 29.4. The van der Waals surface area contributed by atoms with Crippen molar-refractivity contribution in [1.82, 2.24) is 10.2 Å². The molecular formula is C35H39N3O5S. The van der Waals surface area contributed by atoms with Gasteiger partial charge in [-0.15, -0.1) is 0 Å². The lowest BCUT2D eigenvalue weighted by atomic mass is 10.0. The first-order valence-corrected chi connectivity index (χ1v) is 16.0. The molecule has 4 aromatic carbocycles. The quantitative estimate of drug-likeness (QED) is 0.221. The van der Waals surface area contributed by atoms with Crippen molar-refractivity contribution in [3.63, 3.8) is 0 Å². The summed E-state index contributed by atoms with van der Waals surface area (Å²) in [5.41, 5.74) is 3.80. The minimum Gasteiger partial charge on any atom is -0.495 e. The van der Waals surface area contributed by atoms with E-state index in [0.717, 1.165) is 26.6 Å². The Labute approximate surface area is 260 Å². The number of carbonyl (C=O) groups excluding carboxylic acids is 2. The van der Waals surface area contributed by atoms with Crippen LogP contribution < -0.4 is 14.4 Å². The second-order valence-corrected chi connectivity index (χ2v) is 12.4. The van der Waals surface area contributed by atoms with E-state index in [2.05, 4.69) is 5.32 Å². The molecule has 0 fully saturated rings. The number of methoxy groups -OCH3 is 1. The highest BCUT2D eigenvalue weighted by Crippen LogP contribution is 2.33. The van der Waals surface area contributed by atoms with Gasteiger partial charge in [0, 0.05) is 19.5 Å². The van der Waals surface area contributed by atoms with Crippen molar-refractivity contribution in [2.45, 2.75) is 44.7 Å². The molecule has 0 unspecified atom stereocenters. The topological polar surface area (TPSA) is 96.0 Å². The number of anilines is 1. The van der Waals surface area contributed by atoms with Crippen molar-refractivity contribution in [3.05, 3.63) is 125 Å². The van der Waals surface area contributed by atoms with Gasteiger partial charge in [0.2, 0.25) is 11.8 Å². The molecule has 230 valence electrons. The predicted molar refractivity (Wildman–Crippen MR) is 173 cm³/mol. The van der Waals surface area contributed by atoms with Gasteiger partial charge in [0.05, 0.1) is 17.7 Å². The maximum Gasteiger partial charge on any atom is 0.264 e. The van der Waals surface area contributed by atoms with Crippen LogP contribution in [0.25, 0.3) is 0 Å². The Morgan fingerprint density at radius 1 is 0.841 bits per heavy atom. The standard InChI is InChI=1S/C35H39N3O5S/c1-5-36-35(40)32(23-28-14-7-6-8-15-28)37(24-29-16-10-9-13-27(29)3)34(39)25-38(31-17-11-12-18-33(31)43-4)44(41,42)30-21-19-26(2)20-22-30/h6-22,32H,5,23-25H2,1-4H3,(H,36,40)/t32-/m1/s1. The number of carbonyl (C=O) groups is 2. The summed E-state index contributed by atoms with van der Waals surface area (Å²) >= 11 is 0. The molecule has 0 radical (unpaired) electrons. The SMILES string of the molecule is CCNC(=O)[C@@H](Cc1ccccc1)N(Cc1ccccc1C)C(=O)CN(c1ccccc1OC)S(=O)(=O)c1ccc(C)cc1. The third-order valence-corrected chi connectivity index (χ3v) is 9.24. The third kappa shape index (κ3) is 7.65. The highest BCUT2D eigenvalue weighted by molar-refractivity contribution is 7.92. The highest BCUT2D eigenvalue weighted by atomic mass is 32.2. The third-order valence-electron chi connectivity index (χ3n) is 7.47. The largest absolute Gasteiger partial charge is 0.495 e. The van der Waals surface area contributed by atoms with Crippen molar-refractivity contribution in [2.24, 2.45) is 0 Å². The minimum atomic E-state index is -4.22. The second-order valence-electron chi connectivity index (χ2n) is 10.5. The lowest BCUT2D eigenvalue weighted by Crippen LogP contribution is -2.53. The van der Waals surface area contributed by atoms with E-state index in [1.165, 1.54) is 24.1 Å². The Hall–Kier alpha value is -4.63. The second kappa shape index (κ2) is 14.7. The first kappa shape index (κ1) is 32.3. The van der Waals surface area contributed by atoms with Crippen LogP contribution >= 0.6 is 0 Å². The molecule has 0 heterocycles. The number of amides is 2. The van der Waals surface area contributed by atoms with Crippen LogP contribution in [-0.2, 0) is 32.6 Å². The van der Waals surface area contributed by atoms with Gasteiger partial charge in [0.15, 0.2) is 0 Å². The monoisotopic (exact) mass is 613 g/mol. The van der Waals surface area contributed by atoms with E-state index in [-0.39, 0.29) is 29.5 Å². The van der Waals surface area contributed by atoms with Crippen molar-refractivity contribution in [3.8, 4) is 5.75 Å². The molecule has 0 aliphatic carbocycles. The van der Waals surface area contributed by atoms with E-state index in [1.54, 1.807) is 36.4 Å². The number of nitrogens with one attached hydrogen (secondary N) is 1. The van der Waals surface area contributed by atoms with Crippen molar-refractivity contribution < 1.29 is 22.7 Å². The molecule has 0 bridgehead atoms. The number of likely N-dealkylation sites (N-methyl/N-ethyl adjacent to an activating group) is 1. The van der Waals surface area contributed by atoms with Gasteiger partial charge in [-0.1, -0.05) is 84.4 Å². The summed E-state index contributed by atoms with van der Waals surface area (Å²) < 4.78 is 35.0. The molecule has 0 saturated heterocycles. The number of aryl methyl sites for hydroxylation is 2. The van der Waals surface area contributed by atoms with Crippen LogP contribution in [0.3, 0.4) is 0 Å². The molecule has 4 aromatic rings. The summed E-state index contributed by atoms with van der Waals surface area (Å²) in [4.78, 5) is 29.7. The number of hydrogen-bond acceptors (Lipinski definition) is 5. The molecule has 1 N–H and O–H groups in total. The maximum absolute atomic E-state index is 14.5. The van der Waals surface area contributed by atoms with Gasteiger partial charge in [-0.2, -0.15) is 0 Å². The Kier molecular flexibility index (Phi) is 10.8. The summed E-state index contributed by atoms with van der Waals surface area (Å²) in [5, 5.41) is 2.88. The van der Waals surface area contributed by atoms with Crippen molar-refractivity contribution >= 4 is 27.5 Å². The summed E-state index contributed by atoms with van der Waals surface area (Å²) in [6.07, 6.45) is 0.254. The summed E-state index contributed by atoms with van der Waals surface area (Å²) in [6.45, 7) is 5.58. The minimum absolute atomic E-state index is 0.0387. The number of hydrogen-bond donors (Lipinski definition) is 1. The summed E-state index contributed by atoms with van der Waals surface area (Å²) in [7, 11) is -2.77. The van der Waals surface area contributed by atoms with Crippen molar-refractivity contribution in [1.29, 1.82) is 0 Å². The molecule has 0 spiro atoms. The van der Waals surface area contributed by atoms with Crippen LogP contribution in [0.15, 0.2) is 108 Å². The van der Waals surface area contributed by atoms with Gasteiger partial charge in [-0.3, -0.25) is 13.9 Å². The van der Waals surface area contributed by atoms with E-state index in [9.17, 15) is 18.0 Å². The van der Waals surface area contributed by atoms with E-state index in [0.29, 0.717) is 12.3 Å². The summed E-state index contributed by atoms with van der Waals surface area (Å²) in [5.74, 6) is -0.545. The fourth-order valence-corrected chi connectivity index (χ4v) is 6.43. The molecule has 1 atom stereocenters. The van der Waals surface area contributed by atoms with Gasteiger partial charge in [0.1, 0.15) is 18.3 Å². The van der Waals surface area contributed by atoms with Crippen LogP contribution in [0.5, 0.6) is 5.75 Å². The highest BCUT2D eigenvalue weighted by Gasteiger charge is 2.35. The number of sulfonamides is 1. The number of rotatable bonds is 13. The average Bonchev–Trinajstić information content (AvgIpc) is 3.03. The first-order valence-electron chi connectivity index (χ1n) is 14.5. The molecule has 4 rings (SSSR count). The molecule has 2 amide bonds. The van der Waals surface area contributed by atoms with Gasteiger partial charge in [0.25, 0.3) is 10.0 Å². The lowest BCUT2D eigenvalue weighted by molar-refractivity contribution is -0.140. The van der Waals surface area contributed by atoms with Crippen LogP contribution in [0, 0.1) is 13.8 Å². The molecule has 0 aromatic heterocycles. The number of para-hydroxylation sites is 2.